The van der Waals surface area contributed by atoms with E-state index in [9.17, 15) is 4.79 Å². The Morgan fingerprint density at radius 1 is 1.37 bits per heavy atom. The second kappa shape index (κ2) is 4.81. The molecule has 0 aliphatic carbocycles. The molecule has 0 atom stereocenters. The number of aryl methyl sites for hydroxylation is 1. The van der Waals surface area contributed by atoms with Crippen LogP contribution in [0.25, 0.3) is 11.5 Å². The van der Waals surface area contributed by atoms with E-state index in [-0.39, 0.29) is 5.91 Å². The normalized spacial score (nSPS) is 11.4. The van der Waals surface area contributed by atoms with Crippen LogP contribution in [0.15, 0.2) is 28.8 Å². The van der Waals surface area contributed by atoms with E-state index in [4.69, 9.17) is 10.3 Å². The Labute approximate surface area is 111 Å². The highest BCUT2D eigenvalue weighted by Gasteiger charge is 2.23. The number of nitrogens with one attached hydrogen (secondary N) is 1. The number of amides is 1. The van der Waals surface area contributed by atoms with Crippen LogP contribution in [0.3, 0.4) is 0 Å². The van der Waals surface area contributed by atoms with E-state index in [0.717, 1.165) is 0 Å². The van der Waals surface area contributed by atoms with Crippen LogP contribution in [0.4, 0.5) is 5.69 Å². The smallest absolute Gasteiger partial charge is 0.260 e. The lowest BCUT2D eigenvalue weighted by Crippen LogP contribution is -2.45. The zero-order chi connectivity index (χ0) is 14.0. The lowest BCUT2D eigenvalue weighted by molar-refractivity contribution is -0.120. The van der Waals surface area contributed by atoms with Crippen molar-refractivity contribution in [2.45, 2.75) is 26.3 Å². The third kappa shape index (κ3) is 2.97. The van der Waals surface area contributed by atoms with Crippen molar-refractivity contribution in [2.75, 3.05) is 5.32 Å². The Morgan fingerprint density at radius 3 is 2.63 bits per heavy atom. The molecule has 2 rings (SSSR count). The molecular weight excluding hydrogens is 244 g/mol. The summed E-state index contributed by atoms with van der Waals surface area (Å²) < 4.78 is 5.11. The molecule has 1 amide bonds. The fourth-order valence-electron chi connectivity index (χ4n) is 1.47. The van der Waals surface area contributed by atoms with Gasteiger partial charge in [0, 0.05) is 0 Å². The number of nitrogens with two attached hydrogens (primary N) is 1. The summed E-state index contributed by atoms with van der Waals surface area (Å²) in [5, 5.41) is 6.51. The number of nitrogens with zero attached hydrogens (tertiary/aromatic N) is 2. The Morgan fingerprint density at radius 2 is 2.05 bits per heavy atom. The summed E-state index contributed by atoms with van der Waals surface area (Å²) in [5.74, 6) is 0.620. The van der Waals surface area contributed by atoms with Gasteiger partial charge in [0.1, 0.15) is 0 Å². The second-order valence-corrected chi connectivity index (χ2v) is 4.87. The van der Waals surface area contributed by atoms with Gasteiger partial charge in [-0.05, 0) is 32.9 Å². The van der Waals surface area contributed by atoms with Crippen LogP contribution in [0.5, 0.6) is 0 Å². The maximum atomic E-state index is 11.9. The lowest BCUT2D eigenvalue weighted by Gasteiger charge is -2.18. The number of anilines is 1. The van der Waals surface area contributed by atoms with Crippen molar-refractivity contribution >= 4 is 11.6 Å². The zero-order valence-corrected chi connectivity index (χ0v) is 11.1. The molecule has 0 saturated carbocycles. The van der Waals surface area contributed by atoms with E-state index in [1.54, 1.807) is 32.9 Å². The molecule has 6 heteroatoms. The van der Waals surface area contributed by atoms with Crippen LogP contribution < -0.4 is 11.1 Å². The number of rotatable bonds is 3. The van der Waals surface area contributed by atoms with Crippen molar-refractivity contribution in [3.8, 4) is 11.5 Å². The van der Waals surface area contributed by atoms with Gasteiger partial charge in [-0.25, -0.2) is 0 Å². The number of carbonyl (C=O) groups is 1. The molecule has 0 radical (unpaired) electrons. The van der Waals surface area contributed by atoms with Crippen molar-refractivity contribution in [3.05, 3.63) is 30.1 Å². The fraction of sp³-hybridized carbons (Fsp3) is 0.308. The number of hydrogen-bond donors (Lipinski definition) is 2. The number of carbonyl (C=O) groups excluding carboxylic acids is 1. The molecule has 2 aromatic rings. The highest BCUT2D eigenvalue weighted by molar-refractivity contribution is 5.99. The van der Waals surface area contributed by atoms with E-state index in [0.29, 0.717) is 23.0 Å². The molecule has 3 N–H and O–H groups in total. The molecule has 0 aliphatic heterocycles. The van der Waals surface area contributed by atoms with E-state index in [1.165, 1.54) is 0 Å². The standard InChI is InChI=1S/C13H16N4O2/c1-8-15-11(19-17-8)9-6-4-5-7-10(9)16-12(18)13(2,3)14/h4-7H,14H2,1-3H3,(H,16,18). The molecular formula is C13H16N4O2. The summed E-state index contributed by atoms with van der Waals surface area (Å²) >= 11 is 0. The Balaban J connectivity index is 2.35. The first-order valence-electron chi connectivity index (χ1n) is 5.88. The average Bonchev–Trinajstić information content (AvgIpc) is 2.75. The molecule has 0 aliphatic rings. The molecule has 0 spiro atoms. The minimum Gasteiger partial charge on any atom is -0.334 e. The lowest BCUT2D eigenvalue weighted by atomic mass is 10.1. The van der Waals surface area contributed by atoms with Crippen LogP contribution in [0.2, 0.25) is 0 Å². The number of para-hydroxylation sites is 1. The summed E-state index contributed by atoms with van der Waals surface area (Å²) in [7, 11) is 0. The van der Waals surface area contributed by atoms with Gasteiger partial charge in [0.05, 0.1) is 16.8 Å². The first-order chi connectivity index (χ1) is 8.88. The minimum absolute atomic E-state index is 0.281. The van der Waals surface area contributed by atoms with Gasteiger partial charge < -0.3 is 15.6 Å². The van der Waals surface area contributed by atoms with Gasteiger partial charge in [-0.2, -0.15) is 4.98 Å². The summed E-state index contributed by atoms with van der Waals surface area (Å²) in [5.41, 5.74) is 6.06. The molecule has 0 fully saturated rings. The van der Waals surface area contributed by atoms with E-state index in [2.05, 4.69) is 15.5 Å². The van der Waals surface area contributed by atoms with Gasteiger partial charge in [-0.1, -0.05) is 17.3 Å². The minimum atomic E-state index is -0.960. The first kappa shape index (κ1) is 13.2. The maximum absolute atomic E-state index is 11.9. The van der Waals surface area contributed by atoms with Gasteiger partial charge >= 0.3 is 0 Å². The highest BCUT2D eigenvalue weighted by Crippen LogP contribution is 2.26. The Kier molecular flexibility index (Phi) is 3.35. The van der Waals surface area contributed by atoms with Crippen LogP contribution in [-0.4, -0.2) is 21.6 Å². The fourth-order valence-corrected chi connectivity index (χ4v) is 1.47. The Bertz CT molecular complexity index is 599. The second-order valence-electron chi connectivity index (χ2n) is 4.87. The van der Waals surface area contributed by atoms with Crippen molar-refractivity contribution in [2.24, 2.45) is 5.73 Å². The zero-order valence-electron chi connectivity index (χ0n) is 11.1. The SMILES string of the molecule is Cc1noc(-c2ccccc2NC(=O)C(C)(C)N)n1. The topological polar surface area (TPSA) is 94.0 Å². The van der Waals surface area contributed by atoms with Crippen molar-refractivity contribution < 1.29 is 9.32 Å². The maximum Gasteiger partial charge on any atom is 0.260 e. The van der Waals surface area contributed by atoms with E-state index >= 15 is 0 Å². The van der Waals surface area contributed by atoms with Gasteiger partial charge in [-0.15, -0.1) is 0 Å². The van der Waals surface area contributed by atoms with Crippen molar-refractivity contribution in [1.29, 1.82) is 0 Å². The molecule has 19 heavy (non-hydrogen) atoms. The van der Waals surface area contributed by atoms with E-state index in [1.807, 2.05) is 12.1 Å². The predicted octanol–water partition coefficient (Wildman–Crippen LogP) is 1.72. The summed E-state index contributed by atoms with van der Waals surface area (Å²) in [6.45, 7) is 5.01. The monoisotopic (exact) mass is 260 g/mol. The molecule has 100 valence electrons. The van der Waals surface area contributed by atoms with Gasteiger partial charge in [0.2, 0.25) is 5.91 Å². The summed E-state index contributed by atoms with van der Waals surface area (Å²) in [4.78, 5) is 16.1. The third-order valence-corrected chi connectivity index (χ3v) is 2.52. The molecule has 1 aromatic heterocycles. The predicted molar refractivity (Wildman–Crippen MR) is 71.4 cm³/mol. The average molecular weight is 260 g/mol. The van der Waals surface area contributed by atoms with Crippen LogP contribution >= 0.6 is 0 Å². The van der Waals surface area contributed by atoms with Crippen molar-refractivity contribution in [1.82, 2.24) is 10.1 Å². The number of benzene rings is 1. The first-order valence-corrected chi connectivity index (χ1v) is 5.88. The number of hydrogen-bond acceptors (Lipinski definition) is 5. The largest absolute Gasteiger partial charge is 0.334 e. The van der Waals surface area contributed by atoms with Crippen LogP contribution in [-0.2, 0) is 4.79 Å². The Hall–Kier alpha value is -2.21. The summed E-state index contributed by atoms with van der Waals surface area (Å²) in [6, 6.07) is 7.20. The van der Waals surface area contributed by atoms with Crippen LogP contribution in [0, 0.1) is 6.92 Å². The molecule has 0 bridgehead atoms. The third-order valence-electron chi connectivity index (χ3n) is 2.52. The number of aromatic nitrogens is 2. The van der Waals surface area contributed by atoms with Crippen LogP contribution in [0.1, 0.15) is 19.7 Å². The molecule has 1 aromatic carbocycles. The molecule has 0 saturated heterocycles. The van der Waals surface area contributed by atoms with Gasteiger partial charge in [0.25, 0.3) is 5.89 Å². The van der Waals surface area contributed by atoms with Crippen molar-refractivity contribution in [3.63, 3.8) is 0 Å². The molecule has 0 unspecified atom stereocenters. The summed E-state index contributed by atoms with van der Waals surface area (Å²) in [6.07, 6.45) is 0. The van der Waals surface area contributed by atoms with Gasteiger partial charge in [0.15, 0.2) is 5.82 Å². The highest BCUT2D eigenvalue weighted by atomic mass is 16.5. The van der Waals surface area contributed by atoms with Gasteiger partial charge in [-0.3, -0.25) is 4.79 Å². The quantitative estimate of drug-likeness (QED) is 0.876. The van der Waals surface area contributed by atoms with E-state index < -0.39 is 5.54 Å². The molecule has 6 nitrogen and oxygen atoms in total. The molecule has 1 heterocycles.